The molecule has 0 aliphatic rings. The van der Waals surface area contributed by atoms with Crippen molar-refractivity contribution in [1.29, 1.82) is 0 Å². The molecule has 2 amide bonds. The second-order valence-corrected chi connectivity index (χ2v) is 6.93. The first kappa shape index (κ1) is 22.9. The first-order chi connectivity index (χ1) is 15.5. The monoisotopic (exact) mass is 439 g/mol. The molecule has 8 heteroatoms. The predicted molar refractivity (Wildman–Crippen MR) is 119 cm³/mol. The smallest absolute Gasteiger partial charge is 0.315 e. The van der Waals surface area contributed by atoms with Crippen LogP contribution >= 0.6 is 0 Å². The molecule has 3 aromatic rings. The molecule has 2 N–H and O–H groups in total. The third kappa shape index (κ3) is 6.10. The molecule has 1 atom stereocenters. The van der Waals surface area contributed by atoms with Crippen LogP contribution in [0.15, 0.2) is 60.8 Å². The van der Waals surface area contributed by atoms with Gasteiger partial charge in [-0.05, 0) is 55.3 Å². The van der Waals surface area contributed by atoms with Gasteiger partial charge in [0.2, 0.25) is 5.88 Å². The van der Waals surface area contributed by atoms with Gasteiger partial charge in [0.05, 0.1) is 19.8 Å². The largest absolute Gasteiger partial charge is 0.493 e. The van der Waals surface area contributed by atoms with Crippen molar-refractivity contribution in [2.24, 2.45) is 0 Å². The van der Waals surface area contributed by atoms with Crippen LogP contribution in [0.5, 0.6) is 23.1 Å². The summed E-state index contributed by atoms with van der Waals surface area (Å²) in [6.07, 6.45) is 1.54. The standard InChI is InChI=1S/C24H26FN3O4/c1-4-31-21-10-9-18(14-22(21)30-3)16(2)28-24(29)27-15-17-11-12-26-23(13-17)32-20-8-6-5-7-19(20)25/h5-14,16H,4,15H2,1-3H3,(H2,27,28,29). The average molecular weight is 439 g/mol. The van der Waals surface area contributed by atoms with E-state index in [1.807, 2.05) is 32.0 Å². The van der Waals surface area contributed by atoms with Crippen LogP contribution in [-0.2, 0) is 6.54 Å². The molecule has 2 aromatic carbocycles. The number of ether oxygens (including phenoxy) is 3. The lowest BCUT2D eigenvalue weighted by molar-refractivity contribution is 0.237. The second-order valence-electron chi connectivity index (χ2n) is 6.93. The minimum atomic E-state index is -0.475. The van der Waals surface area contributed by atoms with E-state index < -0.39 is 5.82 Å². The first-order valence-electron chi connectivity index (χ1n) is 10.2. The van der Waals surface area contributed by atoms with E-state index in [0.29, 0.717) is 18.1 Å². The molecule has 0 spiro atoms. The number of carbonyl (C=O) groups excluding carboxylic acids is 1. The number of amides is 2. The highest BCUT2D eigenvalue weighted by Gasteiger charge is 2.13. The lowest BCUT2D eigenvalue weighted by Gasteiger charge is -2.17. The number of para-hydroxylation sites is 1. The zero-order chi connectivity index (χ0) is 22.9. The number of rotatable bonds is 9. The Labute approximate surface area is 186 Å². The molecule has 1 unspecified atom stereocenters. The number of hydrogen-bond acceptors (Lipinski definition) is 5. The number of urea groups is 1. The molecule has 1 heterocycles. The van der Waals surface area contributed by atoms with Crippen LogP contribution in [0.2, 0.25) is 0 Å². The lowest BCUT2D eigenvalue weighted by Crippen LogP contribution is -2.36. The quantitative estimate of drug-likeness (QED) is 0.491. The summed E-state index contributed by atoms with van der Waals surface area (Å²) in [5.74, 6) is 1.11. The molecular weight excluding hydrogens is 413 g/mol. The van der Waals surface area contributed by atoms with Crippen LogP contribution < -0.4 is 24.8 Å². The molecule has 1 aromatic heterocycles. The van der Waals surface area contributed by atoms with E-state index in [9.17, 15) is 9.18 Å². The van der Waals surface area contributed by atoms with E-state index in [4.69, 9.17) is 14.2 Å². The number of nitrogens with one attached hydrogen (secondary N) is 2. The summed E-state index contributed by atoms with van der Waals surface area (Å²) in [5.41, 5.74) is 1.64. The highest BCUT2D eigenvalue weighted by atomic mass is 19.1. The highest BCUT2D eigenvalue weighted by molar-refractivity contribution is 5.74. The first-order valence-corrected chi connectivity index (χ1v) is 10.2. The molecule has 0 radical (unpaired) electrons. The van der Waals surface area contributed by atoms with Gasteiger partial charge in [-0.1, -0.05) is 18.2 Å². The van der Waals surface area contributed by atoms with E-state index in [2.05, 4.69) is 15.6 Å². The van der Waals surface area contributed by atoms with Gasteiger partial charge in [0.1, 0.15) is 0 Å². The van der Waals surface area contributed by atoms with E-state index in [1.165, 1.54) is 12.1 Å². The molecule has 3 rings (SSSR count). The molecule has 0 aliphatic carbocycles. The fraction of sp³-hybridized carbons (Fsp3) is 0.250. The number of halogens is 1. The van der Waals surface area contributed by atoms with Gasteiger partial charge in [-0.3, -0.25) is 0 Å². The fourth-order valence-electron chi connectivity index (χ4n) is 3.00. The van der Waals surface area contributed by atoms with Crippen molar-refractivity contribution in [2.75, 3.05) is 13.7 Å². The molecule has 0 bridgehead atoms. The van der Waals surface area contributed by atoms with Gasteiger partial charge in [0, 0.05) is 18.8 Å². The van der Waals surface area contributed by atoms with Gasteiger partial charge in [0.25, 0.3) is 0 Å². The number of methoxy groups -OCH3 is 1. The maximum Gasteiger partial charge on any atom is 0.315 e. The molecule has 0 saturated carbocycles. The van der Waals surface area contributed by atoms with Gasteiger partial charge in [-0.2, -0.15) is 0 Å². The fourth-order valence-corrected chi connectivity index (χ4v) is 3.00. The number of carbonyl (C=O) groups is 1. The van der Waals surface area contributed by atoms with Crippen molar-refractivity contribution in [3.8, 4) is 23.1 Å². The van der Waals surface area contributed by atoms with Crippen molar-refractivity contribution < 1.29 is 23.4 Å². The van der Waals surface area contributed by atoms with Crippen molar-refractivity contribution >= 4 is 6.03 Å². The predicted octanol–water partition coefficient (Wildman–Crippen LogP) is 4.98. The van der Waals surface area contributed by atoms with Gasteiger partial charge in [0.15, 0.2) is 23.1 Å². The maximum absolute atomic E-state index is 13.8. The van der Waals surface area contributed by atoms with Crippen LogP contribution in [0, 0.1) is 5.82 Å². The van der Waals surface area contributed by atoms with E-state index in [-0.39, 0.29) is 30.2 Å². The molecule has 7 nitrogen and oxygen atoms in total. The molecule has 0 aliphatic heterocycles. The Bertz CT molecular complexity index is 1060. The van der Waals surface area contributed by atoms with E-state index in [0.717, 1.165) is 11.1 Å². The Morgan fingerprint density at radius 2 is 1.91 bits per heavy atom. The Hall–Kier alpha value is -3.81. The molecule has 0 saturated heterocycles. The summed E-state index contributed by atoms with van der Waals surface area (Å²) in [6, 6.07) is 14.4. The van der Waals surface area contributed by atoms with Crippen LogP contribution in [-0.4, -0.2) is 24.7 Å². The average Bonchev–Trinajstić information content (AvgIpc) is 2.80. The molecule has 32 heavy (non-hydrogen) atoms. The van der Waals surface area contributed by atoms with Crippen molar-refractivity contribution in [3.63, 3.8) is 0 Å². The van der Waals surface area contributed by atoms with Gasteiger partial charge in [-0.15, -0.1) is 0 Å². The number of pyridine rings is 1. The topological polar surface area (TPSA) is 81.7 Å². The highest BCUT2D eigenvalue weighted by Crippen LogP contribution is 2.30. The number of nitrogens with zero attached hydrogens (tertiary/aromatic N) is 1. The Morgan fingerprint density at radius 1 is 1.09 bits per heavy atom. The molecular formula is C24H26FN3O4. The summed E-state index contributed by atoms with van der Waals surface area (Å²) in [7, 11) is 1.57. The normalized spacial score (nSPS) is 11.4. The number of aromatic nitrogens is 1. The van der Waals surface area contributed by atoms with Crippen molar-refractivity contribution in [2.45, 2.75) is 26.4 Å². The third-order valence-electron chi connectivity index (χ3n) is 4.64. The lowest BCUT2D eigenvalue weighted by atomic mass is 10.1. The minimum Gasteiger partial charge on any atom is -0.493 e. The van der Waals surface area contributed by atoms with Gasteiger partial charge < -0.3 is 24.8 Å². The van der Waals surface area contributed by atoms with Crippen LogP contribution in [0.25, 0.3) is 0 Å². The summed E-state index contributed by atoms with van der Waals surface area (Å²) in [4.78, 5) is 16.5. The maximum atomic E-state index is 13.8. The van der Waals surface area contributed by atoms with Crippen LogP contribution in [0.3, 0.4) is 0 Å². The Morgan fingerprint density at radius 3 is 2.66 bits per heavy atom. The van der Waals surface area contributed by atoms with Crippen LogP contribution in [0.4, 0.5) is 9.18 Å². The number of hydrogen-bond donors (Lipinski definition) is 2. The SMILES string of the molecule is CCOc1ccc(C(C)NC(=O)NCc2ccnc(Oc3ccccc3F)c2)cc1OC. The summed E-state index contributed by atoms with van der Waals surface area (Å²) < 4.78 is 30.1. The Balaban J connectivity index is 1.56. The molecule has 168 valence electrons. The second kappa shape index (κ2) is 11.0. The summed E-state index contributed by atoms with van der Waals surface area (Å²) in [5, 5.41) is 5.69. The van der Waals surface area contributed by atoms with E-state index in [1.54, 1.807) is 37.6 Å². The van der Waals surface area contributed by atoms with Crippen molar-refractivity contribution in [1.82, 2.24) is 15.6 Å². The zero-order valence-electron chi connectivity index (χ0n) is 18.2. The third-order valence-corrected chi connectivity index (χ3v) is 4.64. The summed E-state index contributed by atoms with van der Waals surface area (Å²) >= 11 is 0. The van der Waals surface area contributed by atoms with Crippen molar-refractivity contribution in [3.05, 3.63) is 77.7 Å². The Kier molecular flexibility index (Phi) is 7.85. The van der Waals surface area contributed by atoms with Gasteiger partial charge >= 0.3 is 6.03 Å². The number of benzene rings is 2. The van der Waals surface area contributed by atoms with Crippen LogP contribution in [0.1, 0.15) is 31.0 Å². The van der Waals surface area contributed by atoms with Gasteiger partial charge in [-0.25, -0.2) is 14.2 Å². The zero-order valence-corrected chi connectivity index (χ0v) is 18.2. The minimum absolute atomic E-state index is 0.0856. The summed E-state index contributed by atoms with van der Waals surface area (Å²) in [6.45, 7) is 4.57. The molecule has 0 fully saturated rings. The van der Waals surface area contributed by atoms with E-state index >= 15 is 0 Å².